The Bertz CT molecular complexity index is 1250. The first-order valence-corrected chi connectivity index (χ1v) is 10.7. The molecule has 2 N–H and O–H groups in total. The summed E-state index contributed by atoms with van der Waals surface area (Å²) in [6, 6.07) is 10.6. The SMILES string of the molecule is COc1ccc(-c2c(C)noc2NC(C)=O)cc1S(=O)(=O)Nc1ccc(C(C)=O)cc1. The van der Waals surface area contributed by atoms with Crippen LogP contribution in [0.1, 0.15) is 29.9 Å². The summed E-state index contributed by atoms with van der Waals surface area (Å²) >= 11 is 0. The molecule has 1 aromatic heterocycles. The summed E-state index contributed by atoms with van der Waals surface area (Å²) in [7, 11) is -2.69. The maximum atomic E-state index is 13.1. The third-order valence-electron chi connectivity index (χ3n) is 4.44. The van der Waals surface area contributed by atoms with Gasteiger partial charge in [0, 0.05) is 18.2 Å². The minimum absolute atomic E-state index is 0.113. The van der Waals surface area contributed by atoms with Gasteiger partial charge >= 0.3 is 0 Å². The third kappa shape index (κ3) is 4.75. The summed E-state index contributed by atoms with van der Waals surface area (Å²) in [6.45, 7) is 4.43. The second-order valence-corrected chi connectivity index (χ2v) is 8.41. The highest BCUT2D eigenvalue weighted by molar-refractivity contribution is 7.92. The average Bonchev–Trinajstić information content (AvgIpc) is 3.07. The molecule has 1 amide bonds. The lowest BCUT2D eigenvalue weighted by atomic mass is 10.1. The van der Waals surface area contributed by atoms with E-state index in [1.54, 1.807) is 13.0 Å². The molecule has 3 rings (SSSR count). The molecule has 0 atom stereocenters. The molecule has 0 spiro atoms. The standard InChI is InChI=1S/C21H21N3O6S/c1-12-20(21(30-23-12)22-14(3)26)16-7-10-18(29-4)19(11-16)31(27,28)24-17-8-5-15(6-9-17)13(2)25/h5-11,24H,1-4H3,(H,22,26). The number of hydrogen-bond donors (Lipinski definition) is 2. The van der Waals surface area contributed by atoms with Crippen molar-refractivity contribution < 1.29 is 27.3 Å². The van der Waals surface area contributed by atoms with Crippen molar-refractivity contribution in [2.24, 2.45) is 0 Å². The number of anilines is 2. The number of nitrogens with zero attached hydrogens (tertiary/aromatic N) is 1. The number of ketones is 1. The third-order valence-corrected chi connectivity index (χ3v) is 5.84. The lowest BCUT2D eigenvalue weighted by Crippen LogP contribution is -2.14. The van der Waals surface area contributed by atoms with Crippen molar-refractivity contribution in [1.29, 1.82) is 0 Å². The van der Waals surface area contributed by atoms with Crippen LogP contribution in [0.4, 0.5) is 11.6 Å². The largest absolute Gasteiger partial charge is 0.495 e. The minimum Gasteiger partial charge on any atom is -0.495 e. The first-order chi connectivity index (χ1) is 14.6. The fourth-order valence-electron chi connectivity index (χ4n) is 2.98. The van der Waals surface area contributed by atoms with E-state index >= 15 is 0 Å². The second-order valence-electron chi connectivity index (χ2n) is 6.76. The molecule has 0 unspecified atom stereocenters. The number of nitrogens with one attached hydrogen (secondary N) is 2. The zero-order valence-electron chi connectivity index (χ0n) is 17.3. The molecular weight excluding hydrogens is 422 g/mol. The van der Waals surface area contributed by atoms with E-state index in [9.17, 15) is 18.0 Å². The molecular formula is C21H21N3O6S. The maximum Gasteiger partial charge on any atom is 0.265 e. The monoisotopic (exact) mass is 443 g/mol. The molecule has 2 aromatic carbocycles. The molecule has 0 saturated carbocycles. The summed E-state index contributed by atoms with van der Waals surface area (Å²) in [4.78, 5) is 22.8. The van der Waals surface area contributed by atoms with Gasteiger partial charge in [0.1, 0.15) is 10.6 Å². The van der Waals surface area contributed by atoms with E-state index in [4.69, 9.17) is 9.26 Å². The number of aryl methyl sites for hydroxylation is 1. The molecule has 0 saturated heterocycles. The van der Waals surface area contributed by atoms with Gasteiger partial charge in [-0.25, -0.2) is 8.42 Å². The molecule has 0 radical (unpaired) electrons. The van der Waals surface area contributed by atoms with Crippen molar-refractivity contribution in [2.45, 2.75) is 25.7 Å². The van der Waals surface area contributed by atoms with Crippen LogP contribution in [0, 0.1) is 6.92 Å². The van der Waals surface area contributed by atoms with Crippen LogP contribution in [0.25, 0.3) is 11.1 Å². The number of benzene rings is 2. The molecule has 3 aromatic rings. The molecule has 0 aliphatic rings. The van der Waals surface area contributed by atoms with Crippen molar-refractivity contribution in [3.8, 4) is 16.9 Å². The van der Waals surface area contributed by atoms with Crippen LogP contribution in [-0.2, 0) is 14.8 Å². The van der Waals surface area contributed by atoms with Crippen LogP contribution in [0.5, 0.6) is 5.75 Å². The first-order valence-electron chi connectivity index (χ1n) is 9.18. The highest BCUT2D eigenvalue weighted by Gasteiger charge is 2.24. The van der Waals surface area contributed by atoms with Crippen molar-refractivity contribution in [1.82, 2.24) is 5.16 Å². The molecule has 0 fully saturated rings. The van der Waals surface area contributed by atoms with E-state index in [1.807, 2.05) is 0 Å². The number of ether oxygens (including phenoxy) is 1. The van der Waals surface area contributed by atoms with Gasteiger partial charge < -0.3 is 9.26 Å². The van der Waals surface area contributed by atoms with E-state index in [0.29, 0.717) is 22.4 Å². The molecule has 162 valence electrons. The molecule has 1 heterocycles. The lowest BCUT2D eigenvalue weighted by Gasteiger charge is -2.13. The lowest BCUT2D eigenvalue weighted by molar-refractivity contribution is -0.114. The highest BCUT2D eigenvalue weighted by Crippen LogP contribution is 2.36. The number of aromatic nitrogens is 1. The first kappa shape index (κ1) is 22.0. The normalized spacial score (nSPS) is 11.1. The average molecular weight is 443 g/mol. The van der Waals surface area contributed by atoms with Gasteiger partial charge in [0.05, 0.1) is 18.4 Å². The van der Waals surface area contributed by atoms with Crippen LogP contribution in [0.15, 0.2) is 51.9 Å². The molecule has 9 nitrogen and oxygen atoms in total. The number of hydrogen-bond acceptors (Lipinski definition) is 7. The van der Waals surface area contributed by atoms with Gasteiger partial charge in [0.15, 0.2) is 5.78 Å². The van der Waals surface area contributed by atoms with E-state index in [0.717, 1.165) is 0 Å². The molecule has 31 heavy (non-hydrogen) atoms. The zero-order valence-corrected chi connectivity index (χ0v) is 18.2. The Morgan fingerprint density at radius 2 is 1.74 bits per heavy atom. The molecule has 0 bridgehead atoms. The van der Waals surface area contributed by atoms with Crippen LogP contribution in [0.3, 0.4) is 0 Å². The number of Topliss-reactive ketones (excluding diaryl/α,β-unsaturated/α-hetero) is 1. The summed E-state index contributed by atoms with van der Waals surface area (Å²) in [5.41, 5.74) is 2.16. The van der Waals surface area contributed by atoms with Gasteiger partial charge in [0.25, 0.3) is 10.0 Å². The number of sulfonamides is 1. The smallest absolute Gasteiger partial charge is 0.265 e. The Morgan fingerprint density at radius 3 is 2.32 bits per heavy atom. The number of carbonyl (C=O) groups is 2. The highest BCUT2D eigenvalue weighted by atomic mass is 32.2. The Hall–Kier alpha value is -3.66. The van der Waals surface area contributed by atoms with Crippen LogP contribution >= 0.6 is 0 Å². The number of carbonyl (C=O) groups excluding carboxylic acids is 2. The van der Waals surface area contributed by atoms with Gasteiger partial charge in [-0.15, -0.1) is 0 Å². The molecule has 10 heteroatoms. The van der Waals surface area contributed by atoms with Crippen LogP contribution < -0.4 is 14.8 Å². The van der Waals surface area contributed by atoms with Crippen molar-refractivity contribution in [2.75, 3.05) is 17.1 Å². The van der Waals surface area contributed by atoms with Crippen molar-refractivity contribution >= 4 is 33.3 Å². The van der Waals surface area contributed by atoms with E-state index in [-0.39, 0.29) is 33.9 Å². The van der Waals surface area contributed by atoms with Gasteiger partial charge in [-0.05, 0) is 55.8 Å². The molecule has 0 aliphatic carbocycles. The number of methoxy groups -OCH3 is 1. The van der Waals surface area contributed by atoms with Gasteiger partial charge in [0.2, 0.25) is 11.8 Å². The number of rotatable bonds is 7. The number of amides is 1. The fourth-order valence-corrected chi connectivity index (χ4v) is 4.23. The molecule has 0 aliphatic heterocycles. The van der Waals surface area contributed by atoms with Gasteiger partial charge in [-0.3, -0.25) is 19.6 Å². The Morgan fingerprint density at radius 1 is 1.06 bits per heavy atom. The van der Waals surface area contributed by atoms with Gasteiger partial charge in [-0.1, -0.05) is 11.2 Å². The van der Waals surface area contributed by atoms with Crippen molar-refractivity contribution in [3.63, 3.8) is 0 Å². The predicted octanol–water partition coefficient (Wildman–Crippen LogP) is 3.62. The maximum absolute atomic E-state index is 13.1. The minimum atomic E-state index is -4.05. The quantitative estimate of drug-likeness (QED) is 0.534. The van der Waals surface area contributed by atoms with E-state index in [2.05, 4.69) is 15.2 Å². The summed E-state index contributed by atoms with van der Waals surface area (Å²) in [5, 5.41) is 6.40. The van der Waals surface area contributed by atoms with Gasteiger partial charge in [-0.2, -0.15) is 0 Å². The fraction of sp³-hybridized carbons (Fsp3) is 0.190. The summed E-state index contributed by atoms with van der Waals surface area (Å²) < 4.78 is 39.1. The summed E-state index contributed by atoms with van der Waals surface area (Å²) in [5.74, 6) is -0.227. The summed E-state index contributed by atoms with van der Waals surface area (Å²) in [6.07, 6.45) is 0. The topological polar surface area (TPSA) is 128 Å². The van der Waals surface area contributed by atoms with E-state index in [1.165, 1.54) is 57.4 Å². The Balaban J connectivity index is 2.04. The van der Waals surface area contributed by atoms with Crippen molar-refractivity contribution in [3.05, 3.63) is 53.7 Å². The Kier molecular flexibility index (Phi) is 6.11. The Labute approximate surface area is 179 Å². The second kappa shape index (κ2) is 8.60. The predicted molar refractivity (Wildman–Crippen MR) is 115 cm³/mol. The van der Waals surface area contributed by atoms with Crippen LogP contribution in [-0.4, -0.2) is 32.4 Å². The van der Waals surface area contributed by atoms with E-state index < -0.39 is 10.0 Å². The zero-order chi connectivity index (χ0) is 22.8. The van der Waals surface area contributed by atoms with Crippen LogP contribution in [0.2, 0.25) is 0 Å².